The van der Waals surface area contributed by atoms with Gasteiger partial charge in [0.05, 0.1) is 23.5 Å². The smallest absolute Gasteiger partial charge is 0.390 e. The summed E-state index contributed by atoms with van der Waals surface area (Å²) in [6.07, 6.45) is -1.60. The van der Waals surface area contributed by atoms with Crippen LogP contribution in [0.1, 0.15) is 36.2 Å². The number of rotatable bonds is 6. The second-order valence-corrected chi connectivity index (χ2v) is 8.03. The fraction of sp³-hybridized carbons (Fsp3) is 0.455. The Morgan fingerprint density at radius 2 is 1.79 bits per heavy atom. The SMILES string of the molecule is CC(C)CCNC(=O)Oc1cnc(N2CCN(C(=O)c3ccccc3C(F)(F)F)CC2)cn1. The molecule has 2 heterocycles. The molecule has 0 spiro atoms. The summed E-state index contributed by atoms with van der Waals surface area (Å²) in [5.74, 6) is 0.379. The van der Waals surface area contributed by atoms with Crippen molar-refractivity contribution >= 4 is 17.8 Å². The standard InChI is InChI=1S/C22H26F3N5O3/c1-15(2)7-8-26-21(32)33-19-14-27-18(13-28-19)29-9-11-30(12-10-29)20(31)16-5-3-4-6-17(16)22(23,24)25/h3-6,13-15H,7-12H2,1-2H3,(H,26,32). The molecule has 3 rings (SSSR count). The molecule has 33 heavy (non-hydrogen) atoms. The fourth-order valence-electron chi connectivity index (χ4n) is 3.35. The van der Waals surface area contributed by atoms with E-state index in [1.165, 1.54) is 35.5 Å². The molecule has 8 nitrogen and oxygen atoms in total. The number of halogens is 3. The zero-order valence-corrected chi connectivity index (χ0v) is 18.4. The number of carbonyl (C=O) groups excluding carboxylic acids is 2. The highest BCUT2D eigenvalue weighted by Gasteiger charge is 2.36. The van der Waals surface area contributed by atoms with E-state index in [1.807, 2.05) is 18.7 Å². The van der Waals surface area contributed by atoms with Crippen LogP contribution in [0.3, 0.4) is 0 Å². The first-order valence-corrected chi connectivity index (χ1v) is 10.6. The number of benzene rings is 1. The molecule has 1 saturated heterocycles. The summed E-state index contributed by atoms with van der Waals surface area (Å²) < 4.78 is 44.8. The van der Waals surface area contributed by atoms with Crippen molar-refractivity contribution in [2.75, 3.05) is 37.6 Å². The first-order chi connectivity index (χ1) is 15.6. The van der Waals surface area contributed by atoms with E-state index in [9.17, 15) is 22.8 Å². The van der Waals surface area contributed by atoms with Crippen LogP contribution in [0, 0.1) is 5.92 Å². The molecule has 0 unspecified atom stereocenters. The third-order valence-corrected chi connectivity index (χ3v) is 5.16. The number of carbonyl (C=O) groups is 2. The van der Waals surface area contributed by atoms with Crippen LogP contribution < -0.4 is 15.0 Å². The summed E-state index contributed by atoms with van der Waals surface area (Å²) >= 11 is 0. The summed E-state index contributed by atoms with van der Waals surface area (Å²) in [4.78, 5) is 36.0. The Bertz CT molecular complexity index is 958. The summed E-state index contributed by atoms with van der Waals surface area (Å²) in [5, 5.41) is 2.64. The van der Waals surface area contributed by atoms with Crippen molar-refractivity contribution in [3.63, 3.8) is 0 Å². The average molecular weight is 465 g/mol. The monoisotopic (exact) mass is 465 g/mol. The second-order valence-electron chi connectivity index (χ2n) is 8.03. The number of nitrogens with one attached hydrogen (secondary N) is 1. The molecule has 0 saturated carbocycles. The molecule has 0 bridgehead atoms. The highest BCUT2D eigenvalue weighted by atomic mass is 19.4. The van der Waals surface area contributed by atoms with Crippen LogP contribution in [0.25, 0.3) is 0 Å². The van der Waals surface area contributed by atoms with Crippen molar-refractivity contribution < 1.29 is 27.5 Å². The predicted molar refractivity (Wildman–Crippen MR) is 115 cm³/mol. The lowest BCUT2D eigenvalue weighted by Gasteiger charge is -2.35. The highest BCUT2D eigenvalue weighted by Crippen LogP contribution is 2.32. The molecule has 0 radical (unpaired) electrons. The van der Waals surface area contributed by atoms with Gasteiger partial charge in [0.2, 0.25) is 5.88 Å². The summed E-state index contributed by atoms with van der Waals surface area (Å²) in [6, 6.07) is 4.79. The predicted octanol–water partition coefficient (Wildman–Crippen LogP) is 3.59. The van der Waals surface area contributed by atoms with Crippen molar-refractivity contribution in [2.45, 2.75) is 26.4 Å². The maximum atomic E-state index is 13.2. The van der Waals surface area contributed by atoms with Gasteiger partial charge in [-0.3, -0.25) is 4.79 Å². The Morgan fingerprint density at radius 1 is 1.09 bits per heavy atom. The normalized spacial score (nSPS) is 14.4. The van der Waals surface area contributed by atoms with Gasteiger partial charge in [0.1, 0.15) is 5.82 Å². The molecule has 178 valence electrons. The van der Waals surface area contributed by atoms with Crippen LogP contribution in [-0.4, -0.2) is 59.6 Å². The topological polar surface area (TPSA) is 87.7 Å². The highest BCUT2D eigenvalue weighted by molar-refractivity contribution is 5.96. The van der Waals surface area contributed by atoms with Crippen LogP contribution >= 0.6 is 0 Å². The van der Waals surface area contributed by atoms with E-state index in [0.717, 1.165) is 12.5 Å². The van der Waals surface area contributed by atoms with Gasteiger partial charge in [0.15, 0.2) is 0 Å². The number of anilines is 1. The van der Waals surface area contributed by atoms with Crippen molar-refractivity contribution in [3.05, 3.63) is 47.8 Å². The van der Waals surface area contributed by atoms with Gasteiger partial charge >= 0.3 is 12.3 Å². The molecule has 11 heteroatoms. The van der Waals surface area contributed by atoms with Gasteiger partial charge in [-0.15, -0.1) is 0 Å². The van der Waals surface area contributed by atoms with Crippen molar-refractivity contribution in [2.24, 2.45) is 5.92 Å². The van der Waals surface area contributed by atoms with E-state index in [2.05, 4.69) is 15.3 Å². The third-order valence-electron chi connectivity index (χ3n) is 5.16. The fourth-order valence-corrected chi connectivity index (χ4v) is 3.35. The van der Waals surface area contributed by atoms with Gasteiger partial charge in [-0.1, -0.05) is 26.0 Å². The zero-order chi connectivity index (χ0) is 24.0. The first-order valence-electron chi connectivity index (χ1n) is 10.6. The molecule has 1 aromatic carbocycles. The van der Waals surface area contributed by atoms with Gasteiger partial charge in [-0.05, 0) is 24.5 Å². The molecular formula is C22H26F3N5O3. The zero-order valence-electron chi connectivity index (χ0n) is 18.4. The Hall–Kier alpha value is -3.37. The largest absolute Gasteiger partial charge is 0.417 e. The molecular weight excluding hydrogens is 439 g/mol. The summed E-state index contributed by atoms with van der Waals surface area (Å²) in [7, 11) is 0. The average Bonchev–Trinajstić information content (AvgIpc) is 2.78. The molecule has 1 fully saturated rings. The Kier molecular flexibility index (Phi) is 7.72. The molecule has 2 amide bonds. The van der Waals surface area contributed by atoms with Crippen LogP contribution in [0.15, 0.2) is 36.7 Å². The number of nitrogens with zero attached hydrogens (tertiary/aromatic N) is 4. The molecule has 1 aliphatic heterocycles. The summed E-state index contributed by atoms with van der Waals surface area (Å²) in [6.45, 7) is 5.84. The number of amides is 2. The first kappa shape index (κ1) is 24.3. The summed E-state index contributed by atoms with van der Waals surface area (Å²) in [5.41, 5.74) is -1.29. The maximum absolute atomic E-state index is 13.2. The molecule has 1 aromatic heterocycles. The van der Waals surface area contributed by atoms with Crippen molar-refractivity contribution in [3.8, 4) is 5.88 Å². The molecule has 0 atom stereocenters. The lowest BCUT2D eigenvalue weighted by Crippen LogP contribution is -2.49. The van der Waals surface area contributed by atoms with E-state index in [0.29, 0.717) is 31.4 Å². The molecule has 2 aromatic rings. The second kappa shape index (κ2) is 10.5. The number of piperazine rings is 1. The van der Waals surface area contributed by atoms with E-state index in [1.54, 1.807) is 0 Å². The van der Waals surface area contributed by atoms with E-state index >= 15 is 0 Å². The van der Waals surface area contributed by atoms with Gasteiger partial charge in [-0.2, -0.15) is 13.2 Å². The molecule has 1 aliphatic rings. The molecule has 1 N–H and O–H groups in total. The lowest BCUT2D eigenvalue weighted by atomic mass is 10.1. The number of aromatic nitrogens is 2. The van der Waals surface area contributed by atoms with E-state index in [-0.39, 0.29) is 24.5 Å². The number of hydrogen-bond acceptors (Lipinski definition) is 6. The van der Waals surface area contributed by atoms with Gasteiger partial charge < -0.3 is 19.9 Å². The lowest BCUT2D eigenvalue weighted by molar-refractivity contribution is -0.138. The quantitative estimate of drug-likeness (QED) is 0.702. The Balaban J connectivity index is 1.54. The van der Waals surface area contributed by atoms with E-state index in [4.69, 9.17) is 4.74 Å². The van der Waals surface area contributed by atoms with E-state index < -0.39 is 23.7 Å². The van der Waals surface area contributed by atoms with Gasteiger partial charge in [-0.25, -0.2) is 14.8 Å². The van der Waals surface area contributed by atoms with Crippen LogP contribution in [0.2, 0.25) is 0 Å². The van der Waals surface area contributed by atoms with Gasteiger partial charge in [0, 0.05) is 32.7 Å². The Labute approximate surface area is 189 Å². The van der Waals surface area contributed by atoms with Crippen molar-refractivity contribution in [1.29, 1.82) is 0 Å². The minimum atomic E-state index is -4.60. The van der Waals surface area contributed by atoms with Crippen molar-refractivity contribution in [1.82, 2.24) is 20.2 Å². The number of alkyl halides is 3. The Morgan fingerprint density at radius 3 is 2.39 bits per heavy atom. The van der Waals surface area contributed by atoms with Crippen LogP contribution in [0.4, 0.5) is 23.8 Å². The number of ether oxygens (including phenoxy) is 1. The number of hydrogen-bond donors (Lipinski definition) is 1. The van der Waals surface area contributed by atoms with Gasteiger partial charge in [0.25, 0.3) is 5.91 Å². The molecule has 0 aliphatic carbocycles. The minimum absolute atomic E-state index is 0.0540. The van der Waals surface area contributed by atoms with Crippen LogP contribution in [-0.2, 0) is 6.18 Å². The third kappa shape index (κ3) is 6.56. The minimum Gasteiger partial charge on any atom is -0.390 e. The van der Waals surface area contributed by atoms with Crippen LogP contribution in [0.5, 0.6) is 5.88 Å². The maximum Gasteiger partial charge on any atom is 0.417 e.